The maximum absolute atomic E-state index is 4.16. The van der Waals surface area contributed by atoms with Crippen LogP contribution < -0.4 is 0 Å². The molecule has 0 N–H and O–H groups in total. The van der Waals surface area contributed by atoms with Crippen LogP contribution in [0.3, 0.4) is 0 Å². The summed E-state index contributed by atoms with van der Waals surface area (Å²) in [6, 6.07) is 2.32. The Morgan fingerprint density at radius 1 is 1.15 bits per heavy atom. The first-order valence-electron chi connectivity index (χ1n) is 7.16. The number of rotatable bonds is 7. The smallest absolute Gasteiger partial charge is 0.0931 e. The van der Waals surface area contributed by atoms with Crippen molar-refractivity contribution in [3.63, 3.8) is 0 Å². The van der Waals surface area contributed by atoms with E-state index >= 15 is 0 Å². The molecule has 0 saturated carbocycles. The van der Waals surface area contributed by atoms with E-state index in [2.05, 4.69) is 81.0 Å². The van der Waals surface area contributed by atoms with Crippen LogP contribution >= 0.6 is 21.6 Å². The van der Waals surface area contributed by atoms with Crippen molar-refractivity contribution in [3.05, 3.63) is 48.6 Å². The van der Waals surface area contributed by atoms with Crippen LogP contribution in [0.5, 0.6) is 0 Å². The molecule has 20 heavy (non-hydrogen) atoms. The molecule has 0 fully saturated rings. The summed E-state index contributed by atoms with van der Waals surface area (Å²) in [4.78, 5) is 0. The minimum atomic E-state index is -1.40. The predicted octanol–water partition coefficient (Wildman–Crippen LogP) is 6.45. The molecular formula is C16H28S2Si2. The topological polar surface area (TPSA) is 0 Å². The Labute approximate surface area is 135 Å². The van der Waals surface area contributed by atoms with Gasteiger partial charge in [-0.3, -0.25) is 0 Å². The standard InChI is InChI=1S/C16H28S2Si2/c1-8-13-19(4,5)15-11-12-16(10-3,18-17-15)20(6,7)14-9-2/h8-11H,1-3,12-14H2,4-7H3. The van der Waals surface area contributed by atoms with Crippen molar-refractivity contribution in [1.29, 1.82) is 0 Å². The highest BCUT2D eigenvalue weighted by molar-refractivity contribution is 8.79. The Hall–Kier alpha value is 0.0938. The number of allylic oxidation sites excluding steroid dienone is 3. The molecule has 0 nitrogen and oxygen atoms in total. The molecule has 1 aliphatic heterocycles. The van der Waals surface area contributed by atoms with E-state index in [9.17, 15) is 0 Å². The zero-order chi connectivity index (χ0) is 15.4. The zero-order valence-corrected chi connectivity index (χ0v) is 17.0. The van der Waals surface area contributed by atoms with Crippen molar-refractivity contribution >= 4 is 37.7 Å². The Morgan fingerprint density at radius 2 is 1.75 bits per heavy atom. The molecule has 0 aromatic carbocycles. The van der Waals surface area contributed by atoms with Crippen LogP contribution in [0.4, 0.5) is 0 Å². The summed E-state index contributed by atoms with van der Waals surface area (Å²) in [6.07, 6.45) is 10.1. The quantitative estimate of drug-likeness (QED) is 0.297. The van der Waals surface area contributed by atoms with Crippen LogP contribution in [0.2, 0.25) is 38.3 Å². The van der Waals surface area contributed by atoms with E-state index in [1.54, 1.807) is 4.53 Å². The SMILES string of the molecule is C=CC[Si](C)(C)C1=CCC(C=C)([Si](C)(C)CC=C)SS1. The van der Waals surface area contributed by atoms with E-state index in [1.807, 2.05) is 10.8 Å². The first-order chi connectivity index (χ1) is 9.24. The lowest BCUT2D eigenvalue weighted by atomic mass is 10.3. The van der Waals surface area contributed by atoms with E-state index in [-0.39, 0.29) is 4.37 Å². The van der Waals surface area contributed by atoms with Crippen molar-refractivity contribution in [2.24, 2.45) is 0 Å². The summed E-state index contributed by atoms with van der Waals surface area (Å²) in [5.41, 5.74) is 0. The van der Waals surface area contributed by atoms with Gasteiger partial charge in [0.1, 0.15) is 0 Å². The molecule has 1 heterocycles. The molecule has 0 aliphatic carbocycles. The Kier molecular flexibility index (Phi) is 6.26. The van der Waals surface area contributed by atoms with Gasteiger partial charge in [-0.15, -0.1) is 19.7 Å². The fourth-order valence-electron chi connectivity index (χ4n) is 2.60. The van der Waals surface area contributed by atoms with Gasteiger partial charge < -0.3 is 0 Å². The Balaban J connectivity index is 3.00. The molecule has 1 rings (SSSR count). The Bertz CT molecular complexity index is 424. The van der Waals surface area contributed by atoms with Crippen LogP contribution in [-0.4, -0.2) is 20.5 Å². The summed E-state index contributed by atoms with van der Waals surface area (Å²) in [5.74, 6) is 0. The average Bonchev–Trinajstić information content (AvgIpc) is 2.38. The predicted molar refractivity (Wildman–Crippen MR) is 106 cm³/mol. The summed E-state index contributed by atoms with van der Waals surface area (Å²) in [5, 5.41) is 0. The van der Waals surface area contributed by atoms with Crippen LogP contribution in [-0.2, 0) is 0 Å². The van der Waals surface area contributed by atoms with Crippen molar-refractivity contribution in [3.8, 4) is 0 Å². The summed E-state index contributed by atoms with van der Waals surface area (Å²) in [6.45, 7) is 21.9. The second-order valence-electron chi connectivity index (χ2n) is 6.79. The lowest BCUT2D eigenvalue weighted by molar-refractivity contribution is 0.936. The molecule has 0 radical (unpaired) electrons. The van der Waals surface area contributed by atoms with Gasteiger partial charge >= 0.3 is 0 Å². The monoisotopic (exact) mass is 340 g/mol. The maximum Gasteiger partial charge on any atom is 0.0931 e. The fraction of sp³-hybridized carbons (Fsp3) is 0.500. The third-order valence-electron chi connectivity index (χ3n) is 4.32. The second-order valence-corrected chi connectivity index (χ2v) is 19.8. The van der Waals surface area contributed by atoms with Gasteiger partial charge in [0, 0.05) is 4.37 Å². The van der Waals surface area contributed by atoms with Crippen molar-refractivity contribution in [1.82, 2.24) is 0 Å². The first-order valence-corrected chi connectivity index (χ1v) is 15.7. The van der Waals surface area contributed by atoms with Gasteiger partial charge in [0.05, 0.1) is 16.1 Å². The van der Waals surface area contributed by atoms with Crippen LogP contribution in [0.15, 0.2) is 48.6 Å². The van der Waals surface area contributed by atoms with E-state index in [0.717, 1.165) is 12.5 Å². The third-order valence-corrected chi connectivity index (χ3v) is 18.7. The summed E-state index contributed by atoms with van der Waals surface area (Å²) >= 11 is 0. The Morgan fingerprint density at radius 3 is 2.15 bits per heavy atom. The maximum atomic E-state index is 4.16. The normalized spacial score (nSPS) is 23.9. The molecule has 0 aromatic heterocycles. The third kappa shape index (κ3) is 3.64. The van der Waals surface area contributed by atoms with Gasteiger partial charge in [0.2, 0.25) is 0 Å². The molecule has 0 bridgehead atoms. The van der Waals surface area contributed by atoms with Gasteiger partial charge in [-0.1, -0.05) is 72.1 Å². The molecule has 1 aliphatic rings. The molecule has 1 unspecified atom stereocenters. The van der Waals surface area contributed by atoms with Gasteiger partial charge in [0.25, 0.3) is 0 Å². The molecule has 0 amide bonds. The average molecular weight is 341 g/mol. The second kappa shape index (κ2) is 6.90. The van der Waals surface area contributed by atoms with Crippen LogP contribution in [0, 0.1) is 0 Å². The molecule has 4 heteroatoms. The minimum Gasteiger partial charge on any atom is -0.103 e. The van der Waals surface area contributed by atoms with Gasteiger partial charge in [-0.2, -0.15) is 0 Å². The molecule has 0 saturated heterocycles. The molecule has 0 aromatic rings. The van der Waals surface area contributed by atoms with Crippen molar-refractivity contribution in [2.45, 2.75) is 49.1 Å². The summed E-state index contributed by atoms with van der Waals surface area (Å²) < 4.78 is 1.87. The zero-order valence-electron chi connectivity index (χ0n) is 13.4. The summed E-state index contributed by atoms with van der Waals surface area (Å²) in [7, 11) is 1.37. The molecular weight excluding hydrogens is 312 g/mol. The molecule has 1 atom stereocenters. The highest BCUT2D eigenvalue weighted by atomic mass is 33.1. The molecule has 112 valence electrons. The van der Waals surface area contributed by atoms with Crippen LogP contribution in [0.25, 0.3) is 0 Å². The highest BCUT2D eigenvalue weighted by Crippen LogP contribution is 2.55. The molecule has 0 spiro atoms. The minimum absolute atomic E-state index is 0.244. The van der Waals surface area contributed by atoms with E-state index in [0.29, 0.717) is 0 Å². The largest absolute Gasteiger partial charge is 0.103 e. The lowest BCUT2D eigenvalue weighted by Crippen LogP contribution is -2.50. The van der Waals surface area contributed by atoms with Gasteiger partial charge in [-0.25, -0.2) is 0 Å². The van der Waals surface area contributed by atoms with Crippen molar-refractivity contribution in [2.75, 3.05) is 0 Å². The fourth-order valence-corrected chi connectivity index (χ4v) is 15.5. The number of hydrogen-bond acceptors (Lipinski definition) is 2. The first kappa shape index (κ1) is 18.1. The highest BCUT2D eigenvalue weighted by Gasteiger charge is 2.46. The lowest BCUT2D eigenvalue weighted by Gasteiger charge is -2.45. The van der Waals surface area contributed by atoms with E-state index < -0.39 is 16.1 Å². The van der Waals surface area contributed by atoms with E-state index in [4.69, 9.17) is 0 Å². The van der Waals surface area contributed by atoms with E-state index in [1.165, 1.54) is 6.04 Å². The van der Waals surface area contributed by atoms with Gasteiger partial charge in [-0.05, 0) is 23.0 Å². The van der Waals surface area contributed by atoms with Gasteiger partial charge in [0.15, 0.2) is 0 Å². The van der Waals surface area contributed by atoms with Crippen molar-refractivity contribution < 1.29 is 0 Å². The van der Waals surface area contributed by atoms with Crippen LogP contribution in [0.1, 0.15) is 6.42 Å². The number of hydrogen-bond donors (Lipinski definition) is 0.